The Balaban J connectivity index is 1.37. The number of allylic oxidation sites excluding steroid dienone is 2. The Kier molecular flexibility index (Phi) is 8.22. The van der Waals surface area contributed by atoms with Crippen LogP contribution in [0, 0.1) is 11.7 Å². The number of amides is 1. The van der Waals surface area contributed by atoms with Gasteiger partial charge in [-0.05, 0) is 72.6 Å². The van der Waals surface area contributed by atoms with Gasteiger partial charge in [-0.2, -0.15) is 0 Å². The molecule has 3 aromatic carbocycles. The second kappa shape index (κ2) is 12.0. The first-order chi connectivity index (χ1) is 19.0. The molecule has 39 heavy (non-hydrogen) atoms. The van der Waals surface area contributed by atoms with Gasteiger partial charge < -0.3 is 14.8 Å². The lowest BCUT2D eigenvalue weighted by atomic mass is 9.70. The second-order valence-electron chi connectivity index (χ2n) is 10.4. The highest BCUT2D eigenvalue weighted by Crippen LogP contribution is 2.54. The summed E-state index contributed by atoms with van der Waals surface area (Å²) in [5.41, 5.74) is 3.75. The van der Waals surface area contributed by atoms with E-state index in [2.05, 4.69) is 53.9 Å². The number of carbonyl (C=O) groups excluding carboxylic acids is 2. The zero-order valence-corrected chi connectivity index (χ0v) is 22.1. The van der Waals surface area contributed by atoms with Crippen LogP contribution in [0.2, 0.25) is 0 Å². The molecular formula is C33H34FNO4. The molecule has 5 rings (SSSR count). The van der Waals surface area contributed by atoms with E-state index in [4.69, 9.17) is 9.47 Å². The smallest absolute Gasteiger partial charge is 0.305 e. The van der Waals surface area contributed by atoms with Gasteiger partial charge in [0.25, 0.3) is 5.91 Å². The summed E-state index contributed by atoms with van der Waals surface area (Å²) in [5, 5.41) is 3.22. The molecule has 4 atom stereocenters. The summed E-state index contributed by atoms with van der Waals surface area (Å²) in [6, 6.07) is 24.5. The van der Waals surface area contributed by atoms with E-state index in [0.717, 1.165) is 31.2 Å². The number of methoxy groups -OCH3 is 1. The predicted molar refractivity (Wildman–Crippen MR) is 149 cm³/mol. The van der Waals surface area contributed by atoms with E-state index in [1.165, 1.54) is 42.5 Å². The summed E-state index contributed by atoms with van der Waals surface area (Å²) in [6.07, 6.45) is 7.69. The van der Waals surface area contributed by atoms with Gasteiger partial charge in [0.2, 0.25) is 0 Å². The van der Waals surface area contributed by atoms with Crippen molar-refractivity contribution in [3.63, 3.8) is 0 Å². The summed E-state index contributed by atoms with van der Waals surface area (Å²) in [7, 11) is 1.40. The summed E-state index contributed by atoms with van der Waals surface area (Å²) in [4.78, 5) is 24.5. The fraction of sp³-hybridized carbons (Fsp3) is 0.333. The average Bonchev–Trinajstić information content (AvgIpc) is 3.54. The van der Waals surface area contributed by atoms with Crippen molar-refractivity contribution in [3.8, 4) is 11.1 Å². The standard InChI is InChI=1S/C33H34FNO4/c1-38-30(36)12-8-3-2-7-11-28-31(35-32(37)25-15-19-27(34)20-16-25)29-21-33(28,22-39-29)26-17-13-24(14-18-26)23-9-5-4-6-10-23/h2,4-7,9-10,13-20,28-29,31H,3,8,11-12,21-22H2,1H3,(H,35,37)/t28-,29-,31-,33-/m0/s1. The normalized spacial score (nSPS) is 23.7. The molecule has 0 aromatic heterocycles. The summed E-state index contributed by atoms with van der Waals surface area (Å²) < 4.78 is 24.4. The number of unbranched alkanes of at least 4 members (excludes halogenated alkanes) is 1. The molecule has 202 valence electrons. The molecule has 3 aromatic rings. The van der Waals surface area contributed by atoms with Gasteiger partial charge in [0, 0.05) is 17.4 Å². The number of hydrogen-bond donors (Lipinski definition) is 1. The minimum atomic E-state index is -0.372. The number of rotatable bonds is 10. The molecule has 1 aliphatic carbocycles. The molecule has 0 unspecified atom stereocenters. The number of ether oxygens (including phenoxy) is 2. The zero-order valence-electron chi connectivity index (χ0n) is 22.1. The molecule has 0 radical (unpaired) electrons. The quantitative estimate of drug-likeness (QED) is 0.193. The molecule has 5 nitrogen and oxygen atoms in total. The Morgan fingerprint density at radius 1 is 1.00 bits per heavy atom. The first kappa shape index (κ1) is 26.8. The highest BCUT2D eigenvalue weighted by Gasteiger charge is 2.59. The highest BCUT2D eigenvalue weighted by atomic mass is 19.1. The summed E-state index contributed by atoms with van der Waals surface area (Å²) >= 11 is 0. The van der Waals surface area contributed by atoms with Crippen molar-refractivity contribution in [2.24, 2.45) is 5.92 Å². The molecule has 2 bridgehead atoms. The largest absolute Gasteiger partial charge is 0.469 e. The van der Waals surface area contributed by atoms with Gasteiger partial charge in [-0.25, -0.2) is 4.39 Å². The van der Waals surface area contributed by atoms with Crippen LogP contribution in [-0.4, -0.2) is 37.7 Å². The Morgan fingerprint density at radius 2 is 1.72 bits per heavy atom. The molecule has 2 fully saturated rings. The minimum Gasteiger partial charge on any atom is -0.469 e. The molecule has 1 saturated heterocycles. The van der Waals surface area contributed by atoms with Crippen molar-refractivity contribution in [3.05, 3.63) is 108 Å². The fourth-order valence-corrected chi connectivity index (χ4v) is 6.09. The number of fused-ring (bicyclic) bond motifs is 2. The summed E-state index contributed by atoms with van der Waals surface area (Å²) in [5.74, 6) is -0.670. The molecule has 1 amide bonds. The van der Waals surface area contributed by atoms with E-state index in [0.29, 0.717) is 18.6 Å². The fourth-order valence-electron chi connectivity index (χ4n) is 6.09. The van der Waals surface area contributed by atoms with E-state index in [9.17, 15) is 14.0 Å². The molecule has 6 heteroatoms. The maximum absolute atomic E-state index is 13.4. The van der Waals surface area contributed by atoms with Gasteiger partial charge >= 0.3 is 5.97 Å². The van der Waals surface area contributed by atoms with E-state index in [1.54, 1.807) is 0 Å². The van der Waals surface area contributed by atoms with Crippen LogP contribution in [0.5, 0.6) is 0 Å². The van der Waals surface area contributed by atoms with Gasteiger partial charge in [0.05, 0.1) is 25.9 Å². The van der Waals surface area contributed by atoms with Gasteiger partial charge in [0.15, 0.2) is 0 Å². The Hall–Kier alpha value is -3.77. The van der Waals surface area contributed by atoms with Gasteiger partial charge in [-0.1, -0.05) is 66.7 Å². The van der Waals surface area contributed by atoms with Crippen LogP contribution < -0.4 is 5.32 Å². The molecule has 1 aliphatic heterocycles. The van der Waals surface area contributed by atoms with Crippen molar-refractivity contribution in [1.29, 1.82) is 0 Å². The number of esters is 1. The first-order valence-electron chi connectivity index (χ1n) is 13.6. The Labute approximate surface area is 229 Å². The molecule has 1 heterocycles. The van der Waals surface area contributed by atoms with Crippen LogP contribution >= 0.6 is 0 Å². The van der Waals surface area contributed by atoms with Gasteiger partial charge in [-0.3, -0.25) is 9.59 Å². The number of benzene rings is 3. The van der Waals surface area contributed by atoms with Crippen molar-refractivity contribution in [2.75, 3.05) is 13.7 Å². The van der Waals surface area contributed by atoms with Crippen LogP contribution in [0.3, 0.4) is 0 Å². The molecule has 2 aliphatic rings. The molecular weight excluding hydrogens is 493 g/mol. The van der Waals surface area contributed by atoms with Crippen LogP contribution in [0.25, 0.3) is 11.1 Å². The maximum atomic E-state index is 13.4. The van der Waals surface area contributed by atoms with Crippen molar-refractivity contribution in [1.82, 2.24) is 5.32 Å². The van der Waals surface area contributed by atoms with Crippen LogP contribution in [-0.2, 0) is 19.7 Å². The summed E-state index contributed by atoms with van der Waals surface area (Å²) in [6.45, 7) is 0.603. The third-order valence-corrected chi connectivity index (χ3v) is 8.17. The van der Waals surface area contributed by atoms with E-state index in [1.807, 2.05) is 18.2 Å². The van der Waals surface area contributed by atoms with Crippen LogP contribution in [0.1, 0.15) is 48.0 Å². The van der Waals surface area contributed by atoms with Crippen LogP contribution in [0.4, 0.5) is 4.39 Å². The first-order valence-corrected chi connectivity index (χ1v) is 13.6. The monoisotopic (exact) mass is 527 g/mol. The topological polar surface area (TPSA) is 64.6 Å². The van der Waals surface area contributed by atoms with Crippen molar-refractivity contribution in [2.45, 2.75) is 49.7 Å². The molecule has 1 saturated carbocycles. The number of hydrogen-bond acceptors (Lipinski definition) is 4. The number of nitrogens with one attached hydrogen (secondary N) is 1. The van der Waals surface area contributed by atoms with Crippen LogP contribution in [0.15, 0.2) is 91.0 Å². The van der Waals surface area contributed by atoms with E-state index in [-0.39, 0.29) is 41.2 Å². The lowest BCUT2D eigenvalue weighted by molar-refractivity contribution is -0.140. The Bertz CT molecular complexity index is 1310. The Morgan fingerprint density at radius 3 is 2.44 bits per heavy atom. The lowest BCUT2D eigenvalue weighted by Crippen LogP contribution is -2.51. The molecule has 0 spiro atoms. The number of carbonyl (C=O) groups is 2. The van der Waals surface area contributed by atoms with Crippen molar-refractivity contribution >= 4 is 11.9 Å². The maximum Gasteiger partial charge on any atom is 0.305 e. The van der Waals surface area contributed by atoms with E-state index < -0.39 is 0 Å². The predicted octanol–water partition coefficient (Wildman–Crippen LogP) is 6.24. The average molecular weight is 528 g/mol. The second-order valence-corrected chi connectivity index (χ2v) is 10.4. The van der Waals surface area contributed by atoms with Gasteiger partial charge in [0.1, 0.15) is 5.82 Å². The zero-order chi connectivity index (χ0) is 27.2. The third-order valence-electron chi connectivity index (χ3n) is 8.17. The third kappa shape index (κ3) is 5.81. The number of halogens is 1. The minimum absolute atomic E-state index is 0.0964. The SMILES string of the molecule is COC(=O)CCCC=CC[C@H]1[C@H](NC(=O)c2ccc(F)cc2)[C@@H]2C[C@@]1(c1ccc(-c3ccccc3)cc1)CO2. The van der Waals surface area contributed by atoms with E-state index >= 15 is 0 Å². The van der Waals surface area contributed by atoms with Crippen molar-refractivity contribution < 1.29 is 23.5 Å². The highest BCUT2D eigenvalue weighted by molar-refractivity contribution is 5.94. The molecule has 1 N–H and O–H groups in total. The van der Waals surface area contributed by atoms with Gasteiger partial charge in [-0.15, -0.1) is 0 Å². The lowest BCUT2D eigenvalue weighted by Gasteiger charge is -2.39.